The molecule has 1 aromatic rings. The lowest BCUT2D eigenvalue weighted by molar-refractivity contribution is -0.0231. The number of benzene rings is 1. The van der Waals surface area contributed by atoms with E-state index in [9.17, 15) is 0 Å². The van der Waals surface area contributed by atoms with Crippen LogP contribution in [-0.2, 0) is 4.74 Å². The normalized spacial score (nSPS) is 11.3. The molecule has 1 rings (SSSR count). The highest BCUT2D eigenvalue weighted by Crippen LogP contribution is 2.25. The molecular weight excluding hydrogens is 218 g/mol. The van der Waals surface area contributed by atoms with E-state index in [1.807, 2.05) is 38.1 Å². The Labute approximate surface area is 103 Å². The highest BCUT2D eigenvalue weighted by Gasteiger charge is 2.15. The molecule has 0 atom stereocenters. The standard InChI is InChI=1S/C13H21NO3/c1-13(2,10-14)17-9-8-16-12-7-5-4-6-11(12)15-3/h4-7H,8-10,14H2,1-3H3. The molecule has 4 nitrogen and oxygen atoms in total. The number of methoxy groups -OCH3 is 1. The Morgan fingerprint density at radius 2 is 1.76 bits per heavy atom. The summed E-state index contributed by atoms with van der Waals surface area (Å²) in [6, 6.07) is 7.54. The van der Waals surface area contributed by atoms with Crippen LogP contribution in [0.3, 0.4) is 0 Å². The average Bonchev–Trinajstić information content (AvgIpc) is 2.35. The molecule has 0 radical (unpaired) electrons. The minimum Gasteiger partial charge on any atom is -0.493 e. The predicted molar refractivity (Wildman–Crippen MR) is 67.6 cm³/mol. The summed E-state index contributed by atoms with van der Waals surface area (Å²) in [5.74, 6) is 1.45. The molecule has 0 unspecified atom stereocenters. The first kappa shape index (κ1) is 13.8. The molecule has 0 amide bonds. The van der Waals surface area contributed by atoms with E-state index in [2.05, 4.69) is 0 Å². The Balaban J connectivity index is 2.36. The number of nitrogens with two attached hydrogens (primary N) is 1. The summed E-state index contributed by atoms with van der Waals surface area (Å²) in [6.07, 6.45) is 0. The van der Waals surface area contributed by atoms with E-state index in [0.29, 0.717) is 19.8 Å². The minimum absolute atomic E-state index is 0.301. The lowest BCUT2D eigenvalue weighted by Gasteiger charge is -2.23. The van der Waals surface area contributed by atoms with Crippen molar-refractivity contribution in [1.29, 1.82) is 0 Å². The summed E-state index contributed by atoms with van der Waals surface area (Å²) in [7, 11) is 1.62. The number of hydrogen-bond acceptors (Lipinski definition) is 4. The highest BCUT2D eigenvalue weighted by molar-refractivity contribution is 5.39. The molecule has 96 valence electrons. The highest BCUT2D eigenvalue weighted by atomic mass is 16.5. The molecule has 0 heterocycles. The van der Waals surface area contributed by atoms with Gasteiger partial charge >= 0.3 is 0 Å². The molecule has 0 fully saturated rings. The number of para-hydroxylation sites is 2. The maximum atomic E-state index is 5.58. The predicted octanol–water partition coefficient (Wildman–Crippen LogP) is 1.83. The Bertz CT molecular complexity index is 339. The van der Waals surface area contributed by atoms with Crippen LogP contribution in [0.15, 0.2) is 24.3 Å². The zero-order valence-corrected chi connectivity index (χ0v) is 10.7. The minimum atomic E-state index is -0.301. The van der Waals surface area contributed by atoms with Gasteiger partial charge in [-0.05, 0) is 26.0 Å². The van der Waals surface area contributed by atoms with Crippen LogP contribution in [-0.4, -0.2) is 32.5 Å². The van der Waals surface area contributed by atoms with Crippen molar-refractivity contribution in [2.24, 2.45) is 5.73 Å². The van der Waals surface area contributed by atoms with Gasteiger partial charge in [0.2, 0.25) is 0 Å². The second kappa shape index (κ2) is 6.47. The first-order chi connectivity index (χ1) is 8.09. The van der Waals surface area contributed by atoms with Crippen LogP contribution in [0.4, 0.5) is 0 Å². The lowest BCUT2D eigenvalue weighted by Crippen LogP contribution is -2.35. The molecule has 0 spiro atoms. The summed E-state index contributed by atoms with van der Waals surface area (Å²) in [5, 5.41) is 0. The summed E-state index contributed by atoms with van der Waals surface area (Å²) < 4.78 is 16.3. The van der Waals surface area contributed by atoms with Gasteiger partial charge in [0.25, 0.3) is 0 Å². The summed E-state index contributed by atoms with van der Waals surface area (Å²) in [6.45, 7) is 5.37. The van der Waals surface area contributed by atoms with Crippen LogP contribution in [0, 0.1) is 0 Å². The second-order valence-corrected chi connectivity index (χ2v) is 4.31. The van der Waals surface area contributed by atoms with Crippen LogP contribution in [0.1, 0.15) is 13.8 Å². The van der Waals surface area contributed by atoms with Crippen LogP contribution in [0.25, 0.3) is 0 Å². The first-order valence-corrected chi connectivity index (χ1v) is 5.69. The van der Waals surface area contributed by atoms with Crippen LogP contribution in [0.2, 0.25) is 0 Å². The van der Waals surface area contributed by atoms with Gasteiger partial charge in [-0.15, -0.1) is 0 Å². The van der Waals surface area contributed by atoms with E-state index < -0.39 is 0 Å². The van der Waals surface area contributed by atoms with E-state index >= 15 is 0 Å². The molecule has 0 aliphatic rings. The van der Waals surface area contributed by atoms with E-state index in [1.165, 1.54) is 0 Å². The van der Waals surface area contributed by atoms with Crippen LogP contribution >= 0.6 is 0 Å². The fraction of sp³-hybridized carbons (Fsp3) is 0.538. The fourth-order valence-corrected chi connectivity index (χ4v) is 1.27. The third-order valence-electron chi connectivity index (χ3n) is 2.39. The van der Waals surface area contributed by atoms with E-state index in [0.717, 1.165) is 11.5 Å². The molecule has 17 heavy (non-hydrogen) atoms. The Morgan fingerprint density at radius 1 is 1.12 bits per heavy atom. The largest absolute Gasteiger partial charge is 0.493 e. The monoisotopic (exact) mass is 239 g/mol. The first-order valence-electron chi connectivity index (χ1n) is 5.69. The summed E-state index contributed by atoms with van der Waals surface area (Å²) in [4.78, 5) is 0. The van der Waals surface area contributed by atoms with Crippen LogP contribution in [0.5, 0.6) is 11.5 Å². The second-order valence-electron chi connectivity index (χ2n) is 4.31. The van der Waals surface area contributed by atoms with Gasteiger partial charge in [-0.25, -0.2) is 0 Å². The molecule has 1 aromatic carbocycles. The molecule has 0 aromatic heterocycles. The van der Waals surface area contributed by atoms with Crippen molar-refractivity contribution in [3.05, 3.63) is 24.3 Å². The van der Waals surface area contributed by atoms with Gasteiger partial charge < -0.3 is 19.9 Å². The molecule has 0 saturated carbocycles. The number of ether oxygens (including phenoxy) is 3. The quantitative estimate of drug-likeness (QED) is 0.737. The Hall–Kier alpha value is -1.26. The summed E-state index contributed by atoms with van der Waals surface area (Å²) in [5.41, 5.74) is 5.26. The third kappa shape index (κ3) is 4.63. The van der Waals surface area contributed by atoms with Crippen molar-refractivity contribution in [3.63, 3.8) is 0 Å². The van der Waals surface area contributed by atoms with Crippen molar-refractivity contribution >= 4 is 0 Å². The van der Waals surface area contributed by atoms with Crippen molar-refractivity contribution < 1.29 is 14.2 Å². The maximum absolute atomic E-state index is 5.58. The average molecular weight is 239 g/mol. The van der Waals surface area contributed by atoms with Crippen molar-refractivity contribution in [1.82, 2.24) is 0 Å². The Kier molecular flexibility index (Phi) is 5.25. The van der Waals surface area contributed by atoms with Gasteiger partial charge in [0, 0.05) is 6.54 Å². The number of rotatable bonds is 7. The van der Waals surface area contributed by atoms with Crippen LogP contribution < -0.4 is 15.2 Å². The van der Waals surface area contributed by atoms with Gasteiger partial charge in [-0.3, -0.25) is 0 Å². The van der Waals surface area contributed by atoms with Crippen molar-refractivity contribution in [2.45, 2.75) is 19.4 Å². The number of hydrogen-bond donors (Lipinski definition) is 1. The molecule has 0 bridgehead atoms. The lowest BCUT2D eigenvalue weighted by atomic mass is 10.1. The zero-order valence-electron chi connectivity index (χ0n) is 10.7. The van der Waals surface area contributed by atoms with E-state index in [-0.39, 0.29) is 5.60 Å². The van der Waals surface area contributed by atoms with E-state index in [1.54, 1.807) is 7.11 Å². The molecule has 2 N–H and O–H groups in total. The van der Waals surface area contributed by atoms with Gasteiger partial charge in [-0.2, -0.15) is 0 Å². The topological polar surface area (TPSA) is 53.7 Å². The maximum Gasteiger partial charge on any atom is 0.161 e. The summed E-state index contributed by atoms with van der Waals surface area (Å²) >= 11 is 0. The van der Waals surface area contributed by atoms with Gasteiger partial charge in [-0.1, -0.05) is 12.1 Å². The smallest absolute Gasteiger partial charge is 0.161 e. The SMILES string of the molecule is COc1ccccc1OCCOC(C)(C)CN. The molecule has 0 saturated heterocycles. The van der Waals surface area contributed by atoms with Crippen molar-refractivity contribution in [2.75, 3.05) is 26.9 Å². The zero-order chi connectivity index (χ0) is 12.7. The van der Waals surface area contributed by atoms with Gasteiger partial charge in [0.15, 0.2) is 11.5 Å². The van der Waals surface area contributed by atoms with E-state index in [4.69, 9.17) is 19.9 Å². The third-order valence-corrected chi connectivity index (χ3v) is 2.39. The Morgan fingerprint density at radius 3 is 2.35 bits per heavy atom. The molecule has 0 aliphatic heterocycles. The molecule has 4 heteroatoms. The molecular formula is C13H21NO3. The van der Waals surface area contributed by atoms with Gasteiger partial charge in [0.1, 0.15) is 6.61 Å². The van der Waals surface area contributed by atoms with Crippen molar-refractivity contribution in [3.8, 4) is 11.5 Å². The fourth-order valence-electron chi connectivity index (χ4n) is 1.27. The molecule has 0 aliphatic carbocycles. The van der Waals surface area contributed by atoms with Gasteiger partial charge in [0.05, 0.1) is 19.3 Å².